The van der Waals surface area contributed by atoms with E-state index in [4.69, 9.17) is 12.2 Å². The maximum absolute atomic E-state index is 13.3. The average Bonchev–Trinajstić information content (AvgIpc) is 3.09. The van der Waals surface area contributed by atoms with Crippen LogP contribution >= 0.6 is 24.0 Å². The third kappa shape index (κ3) is 2.70. The lowest BCUT2D eigenvalue weighted by atomic mass is 10.1. The van der Waals surface area contributed by atoms with Crippen LogP contribution in [0.4, 0.5) is 11.4 Å². The highest BCUT2D eigenvalue weighted by Gasteiger charge is 2.43. The summed E-state index contributed by atoms with van der Waals surface area (Å²) in [6, 6.07) is 12.8. The minimum Gasteiger partial charge on any atom is -0.274 e. The number of carbonyl (C=O) groups is 3. The summed E-state index contributed by atoms with van der Waals surface area (Å²) in [6.45, 7) is 5.19. The molecule has 0 aromatic heterocycles. The Balaban J connectivity index is 1.88. The van der Waals surface area contributed by atoms with Crippen molar-refractivity contribution in [1.29, 1.82) is 0 Å². The molecule has 0 saturated carbocycles. The topological polar surface area (TPSA) is 57.7 Å². The normalized spacial score (nSPS) is 18.9. The summed E-state index contributed by atoms with van der Waals surface area (Å²) >= 11 is 6.57. The highest BCUT2D eigenvalue weighted by molar-refractivity contribution is 8.27. The minimum atomic E-state index is -0.491. The minimum absolute atomic E-state index is 0.232. The summed E-state index contributed by atoms with van der Waals surface area (Å²) < 4.78 is 0.368. The second-order valence-corrected chi connectivity index (χ2v) is 8.32. The van der Waals surface area contributed by atoms with Crippen LogP contribution in [-0.2, 0) is 14.4 Å². The first kappa shape index (κ1) is 18.6. The summed E-state index contributed by atoms with van der Waals surface area (Å²) in [5, 5.41) is 0. The molecule has 0 bridgehead atoms. The molecule has 0 aliphatic carbocycles. The summed E-state index contributed by atoms with van der Waals surface area (Å²) in [4.78, 5) is 41.2. The molecule has 0 radical (unpaired) electrons. The standard InChI is InChI=1S/C21H16N2O3S2/c1-11-8-9-12(2)16(10-11)23-20(26)18(28-21(23)27)17-14-6-4-5-7-15(14)22(13(3)24)19(17)25/h4-10H,1-3H3. The van der Waals surface area contributed by atoms with Crippen LogP contribution in [0.2, 0.25) is 0 Å². The van der Waals surface area contributed by atoms with E-state index < -0.39 is 11.8 Å². The third-order valence-electron chi connectivity index (χ3n) is 4.75. The van der Waals surface area contributed by atoms with Crippen molar-refractivity contribution < 1.29 is 14.4 Å². The number of thiocarbonyl (C=S) groups is 1. The van der Waals surface area contributed by atoms with Crippen LogP contribution < -0.4 is 9.80 Å². The van der Waals surface area contributed by atoms with Crippen molar-refractivity contribution in [2.24, 2.45) is 0 Å². The fraction of sp³-hybridized carbons (Fsp3) is 0.143. The molecule has 7 heteroatoms. The van der Waals surface area contributed by atoms with Crippen molar-refractivity contribution in [2.75, 3.05) is 9.80 Å². The largest absolute Gasteiger partial charge is 0.274 e. The number of hydrogen-bond acceptors (Lipinski definition) is 5. The van der Waals surface area contributed by atoms with Crippen molar-refractivity contribution in [3.8, 4) is 0 Å². The van der Waals surface area contributed by atoms with Crippen molar-refractivity contribution in [1.82, 2.24) is 0 Å². The molecule has 5 nitrogen and oxygen atoms in total. The Kier molecular flexibility index (Phi) is 4.44. The highest BCUT2D eigenvalue weighted by Crippen LogP contribution is 2.45. The molecule has 1 fully saturated rings. The smallest absolute Gasteiger partial charge is 0.271 e. The molecule has 2 aromatic carbocycles. The zero-order valence-corrected chi connectivity index (χ0v) is 17.1. The highest BCUT2D eigenvalue weighted by atomic mass is 32.2. The molecule has 28 heavy (non-hydrogen) atoms. The third-order valence-corrected chi connectivity index (χ3v) is 6.12. The first-order valence-corrected chi connectivity index (χ1v) is 9.86. The molecular weight excluding hydrogens is 392 g/mol. The SMILES string of the molecule is CC(=O)N1C(=O)C(=C2SC(=S)N(c3cc(C)ccc3C)C2=O)c2ccccc21. The zero-order chi connectivity index (χ0) is 20.2. The predicted molar refractivity (Wildman–Crippen MR) is 115 cm³/mol. The van der Waals surface area contributed by atoms with Gasteiger partial charge in [-0.15, -0.1) is 0 Å². The number of thioether (sulfide) groups is 1. The van der Waals surface area contributed by atoms with Crippen molar-refractivity contribution in [2.45, 2.75) is 20.8 Å². The monoisotopic (exact) mass is 408 g/mol. The van der Waals surface area contributed by atoms with Gasteiger partial charge in [-0.3, -0.25) is 19.3 Å². The second-order valence-electron chi connectivity index (χ2n) is 6.68. The van der Waals surface area contributed by atoms with Crippen LogP contribution in [0, 0.1) is 13.8 Å². The fourth-order valence-corrected chi connectivity index (χ4v) is 4.79. The van der Waals surface area contributed by atoms with E-state index in [0.717, 1.165) is 27.8 Å². The lowest BCUT2D eigenvalue weighted by Gasteiger charge is -2.18. The quantitative estimate of drug-likeness (QED) is 0.528. The number of amides is 3. The van der Waals surface area contributed by atoms with Crippen LogP contribution in [0.3, 0.4) is 0 Å². The lowest BCUT2D eigenvalue weighted by molar-refractivity contribution is -0.122. The first-order valence-electron chi connectivity index (χ1n) is 8.63. The Morgan fingerprint density at radius 3 is 2.43 bits per heavy atom. The maximum atomic E-state index is 13.3. The van der Waals surface area contributed by atoms with Gasteiger partial charge in [-0.1, -0.05) is 54.3 Å². The van der Waals surface area contributed by atoms with Crippen LogP contribution in [0.25, 0.3) is 5.57 Å². The van der Waals surface area contributed by atoms with Gasteiger partial charge in [-0.05, 0) is 37.1 Å². The van der Waals surface area contributed by atoms with E-state index in [2.05, 4.69) is 0 Å². The second kappa shape index (κ2) is 6.68. The molecule has 140 valence electrons. The summed E-state index contributed by atoms with van der Waals surface area (Å²) in [7, 11) is 0. The molecule has 2 aromatic rings. The van der Waals surface area contributed by atoms with Gasteiger partial charge in [0.15, 0.2) is 4.32 Å². The van der Waals surface area contributed by atoms with Gasteiger partial charge in [0.25, 0.3) is 11.8 Å². The number of rotatable bonds is 1. The average molecular weight is 409 g/mol. The van der Waals surface area contributed by atoms with Crippen molar-refractivity contribution in [3.05, 3.63) is 64.1 Å². The molecule has 2 heterocycles. The molecule has 2 aliphatic rings. The fourth-order valence-electron chi connectivity index (χ4n) is 3.44. The molecule has 3 amide bonds. The van der Waals surface area contributed by atoms with Gasteiger partial charge in [0.2, 0.25) is 5.91 Å². The van der Waals surface area contributed by atoms with Gasteiger partial charge >= 0.3 is 0 Å². The summed E-state index contributed by atoms with van der Waals surface area (Å²) in [6.07, 6.45) is 0. The molecule has 0 atom stereocenters. The van der Waals surface area contributed by atoms with Crippen LogP contribution in [0.5, 0.6) is 0 Å². The molecule has 1 saturated heterocycles. The number of aryl methyl sites for hydroxylation is 2. The Hall–Kier alpha value is -2.77. The molecule has 0 spiro atoms. The maximum Gasteiger partial charge on any atom is 0.271 e. The number of para-hydroxylation sites is 1. The number of nitrogens with zero attached hydrogens (tertiary/aromatic N) is 2. The number of fused-ring (bicyclic) bond motifs is 1. The predicted octanol–water partition coefficient (Wildman–Crippen LogP) is 3.97. The van der Waals surface area contributed by atoms with Gasteiger partial charge in [-0.25, -0.2) is 4.90 Å². The molecule has 4 rings (SSSR count). The number of imide groups is 1. The number of benzene rings is 2. The Labute approximate surface area is 172 Å². The van der Waals surface area contributed by atoms with Crippen LogP contribution in [0.1, 0.15) is 23.6 Å². The summed E-state index contributed by atoms with van der Waals surface area (Å²) in [5.74, 6) is -1.22. The lowest BCUT2D eigenvalue weighted by Crippen LogP contribution is -2.32. The molecule has 0 unspecified atom stereocenters. The molecular formula is C21H16N2O3S2. The van der Waals surface area contributed by atoms with Crippen molar-refractivity contribution in [3.63, 3.8) is 0 Å². The summed E-state index contributed by atoms with van der Waals surface area (Å²) in [5.41, 5.74) is 3.93. The van der Waals surface area contributed by atoms with Gasteiger partial charge < -0.3 is 0 Å². The molecule has 0 N–H and O–H groups in total. The van der Waals surface area contributed by atoms with E-state index in [9.17, 15) is 14.4 Å². The Morgan fingerprint density at radius 1 is 1.00 bits per heavy atom. The van der Waals surface area contributed by atoms with E-state index in [0.29, 0.717) is 21.3 Å². The number of anilines is 2. The van der Waals surface area contributed by atoms with E-state index in [1.165, 1.54) is 11.8 Å². The zero-order valence-electron chi connectivity index (χ0n) is 15.5. The van der Waals surface area contributed by atoms with Gasteiger partial charge in [0.1, 0.15) is 0 Å². The van der Waals surface area contributed by atoms with E-state index in [-0.39, 0.29) is 16.4 Å². The van der Waals surface area contributed by atoms with Crippen LogP contribution in [0.15, 0.2) is 47.4 Å². The van der Waals surface area contributed by atoms with Gasteiger partial charge in [0, 0.05) is 12.5 Å². The van der Waals surface area contributed by atoms with Gasteiger partial charge in [0.05, 0.1) is 21.9 Å². The molecule has 2 aliphatic heterocycles. The van der Waals surface area contributed by atoms with E-state index in [1.807, 2.05) is 32.0 Å². The first-order chi connectivity index (χ1) is 13.3. The Bertz CT molecular complexity index is 1120. The number of carbonyl (C=O) groups excluding carboxylic acids is 3. The number of hydrogen-bond donors (Lipinski definition) is 0. The Morgan fingerprint density at radius 2 is 1.71 bits per heavy atom. The van der Waals surface area contributed by atoms with Gasteiger partial charge in [-0.2, -0.15) is 0 Å². The van der Waals surface area contributed by atoms with Crippen molar-refractivity contribution >= 4 is 63.0 Å². The van der Waals surface area contributed by atoms with E-state index in [1.54, 1.807) is 24.3 Å². The van der Waals surface area contributed by atoms with Crippen LogP contribution in [-0.4, -0.2) is 22.0 Å². The van der Waals surface area contributed by atoms with E-state index >= 15 is 0 Å².